The standard InChI is InChI=1S/C14H13F3N2O/c1-2-4-9-5-3-6-10(7-9)11-8-12(14(15,16)17)19-13(20)18-11/h3,5-8H,2,4H2,1H3,(H,18,19,20). The lowest BCUT2D eigenvalue weighted by Gasteiger charge is -2.08. The summed E-state index contributed by atoms with van der Waals surface area (Å²) in [5.74, 6) is 0. The Morgan fingerprint density at radius 3 is 2.65 bits per heavy atom. The molecule has 0 unspecified atom stereocenters. The molecule has 0 aliphatic heterocycles. The number of aromatic nitrogens is 2. The Morgan fingerprint density at radius 2 is 2.00 bits per heavy atom. The highest BCUT2D eigenvalue weighted by molar-refractivity contribution is 5.60. The average Bonchev–Trinajstić information content (AvgIpc) is 2.38. The highest BCUT2D eigenvalue weighted by Crippen LogP contribution is 2.29. The largest absolute Gasteiger partial charge is 0.431 e. The number of aryl methyl sites for hydroxylation is 1. The molecular weight excluding hydrogens is 269 g/mol. The van der Waals surface area contributed by atoms with Gasteiger partial charge in [-0.1, -0.05) is 31.5 Å². The van der Waals surface area contributed by atoms with E-state index in [0.717, 1.165) is 24.5 Å². The van der Waals surface area contributed by atoms with Crippen LogP contribution in [0.5, 0.6) is 0 Å². The third-order valence-electron chi connectivity index (χ3n) is 2.81. The van der Waals surface area contributed by atoms with Crippen LogP contribution in [-0.4, -0.2) is 9.97 Å². The van der Waals surface area contributed by atoms with Crippen LogP contribution >= 0.6 is 0 Å². The second kappa shape index (κ2) is 5.48. The van der Waals surface area contributed by atoms with Crippen LogP contribution in [0.25, 0.3) is 11.3 Å². The minimum atomic E-state index is -4.60. The van der Waals surface area contributed by atoms with Crippen molar-refractivity contribution in [1.82, 2.24) is 9.97 Å². The molecule has 0 atom stereocenters. The molecule has 1 aromatic heterocycles. The van der Waals surface area contributed by atoms with E-state index in [1.807, 2.05) is 13.0 Å². The highest BCUT2D eigenvalue weighted by atomic mass is 19.4. The average molecular weight is 282 g/mol. The molecule has 0 amide bonds. The third kappa shape index (κ3) is 3.26. The smallest absolute Gasteiger partial charge is 0.302 e. The summed E-state index contributed by atoms with van der Waals surface area (Å²) in [4.78, 5) is 16.6. The summed E-state index contributed by atoms with van der Waals surface area (Å²) in [7, 11) is 0. The summed E-state index contributed by atoms with van der Waals surface area (Å²) in [5.41, 5.74) is -0.559. The van der Waals surface area contributed by atoms with Crippen LogP contribution < -0.4 is 5.69 Å². The van der Waals surface area contributed by atoms with Crippen molar-refractivity contribution < 1.29 is 13.2 Å². The van der Waals surface area contributed by atoms with Gasteiger partial charge >= 0.3 is 11.9 Å². The lowest BCUT2D eigenvalue weighted by molar-refractivity contribution is -0.141. The van der Waals surface area contributed by atoms with Gasteiger partial charge in [0.25, 0.3) is 0 Å². The van der Waals surface area contributed by atoms with E-state index in [-0.39, 0.29) is 5.69 Å². The van der Waals surface area contributed by atoms with Crippen LogP contribution in [-0.2, 0) is 12.6 Å². The van der Waals surface area contributed by atoms with Crippen molar-refractivity contribution in [2.75, 3.05) is 0 Å². The zero-order valence-electron chi connectivity index (χ0n) is 10.8. The Labute approximate surface area is 113 Å². The van der Waals surface area contributed by atoms with Gasteiger partial charge in [0.15, 0.2) is 0 Å². The molecule has 0 aliphatic carbocycles. The van der Waals surface area contributed by atoms with Gasteiger partial charge in [-0.25, -0.2) is 4.79 Å². The molecule has 1 aromatic carbocycles. The summed E-state index contributed by atoms with van der Waals surface area (Å²) >= 11 is 0. The van der Waals surface area contributed by atoms with Crippen molar-refractivity contribution in [3.8, 4) is 11.3 Å². The Balaban J connectivity index is 2.50. The highest BCUT2D eigenvalue weighted by Gasteiger charge is 2.32. The van der Waals surface area contributed by atoms with Gasteiger partial charge in [0.2, 0.25) is 0 Å². The minimum absolute atomic E-state index is 0.0269. The van der Waals surface area contributed by atoms with Crippen LogP contribution in [0.2, 0.25) is 0 Å². The molecule has 2 aromatic rings. The Hall–Kier alpha value is -2.11. The molecule has 0 aliphatic rings. The van der Waals surface area contributed by atoms with Gasteiger partial charge in [-0.2, -0.15) is 18.2 Å². The van der Waals surface area contributed by atoms with Crippen molar-refractivity contribution in [3.05, 3.63) is 52.1 Å². The maximum atomic E-state index is 12.7. The SMILES string of the molecule is CCCc1cccc(-c2cc(C(F)(F)F)[nH]c(=O)n2)c1. The Bertz CT molecular complexity index is 662. The molecule has 0 fully saturated rings. The molecule has 106 valence electrons. The number of hydrogen-bond donors (Lipinski definition) is 1. The van der Waals surface area contributed by atoms with E-state index in [1.165, 1.54) is 0 Å². The molecule has 0 radical (unpaired) electrons. The van der Waals surface area contributed by atoms with Crippen LogP contribution in [0.1, 0.15) is 24.6 Å². The number of hydrogen-bond acceptors (Lipinski definition) is 2. The zero-order chi connectivity index (χ0) is 14.8. The molecule has 2 rings (SSSR count). The monoisotopic (exact) mass is 282 g/mol. The fourth-order valence-electron chi connectivity index (χ4n) is 1.93. The van der Waals surface area contributed by atoms with Gasteiger partial charge in [0, 0.05) is 5.56 Å². The van der Waals surface area contributed by atoms with Crippen LogP contribution in [0, 0.1) is 0 Å². The van der Waals surface area contributed by atoms with E-state index in [1.54, 1.807) is 23.2 Å². The van der Waals surface area contributed by atoms with Crippen molar-refractivity contribution >= 4 is 0 Å². The molecule has 1 heterocycles. The van der Waals surface area contributed by atoms with Crippen LogP contribution in [0.3, 0.4) is 0 Å². The molecule has 0 spiro atoms. The van der Waals surface area contributed by atoms with Gasteiger partial charge in [-0.05, 0) is 24.1 Å². The molecule has 3 nitrogen and oxygen atoms in total. The van der Waals surface area contributed by atoms with E-state index in [9.17, 15) is 18.0 Å². The first-order valence-corrected chi connectivity index (χ1v) is 6.18. The van der Waals surface area contributed by atoms with Crippen molar-refractivity contribution in [2.24, 2.45) is 0 Å². The van der Waals surface area contributed by atoms with Gasteiger partial charge in [-0.15, -0.1) is 0 Å². The number of benzene rings is 1. The fourth-order valence-corrected chi connectivity index (χ4v) is 1.93. The predicted octanol–water partition coefficient (Wildman–Crippen LogP) is 3.41. The molecule has 20 heavy (non-hydrogen) atoms. The molecular formula is C14H13F3N2O. The second-order valence-corrected chi connectivity index (χ2v) is 4.43. The number of aromatic amines is 1. The number of rotatable bonds is 3. The first-order valence-electron chi connectivity index (χ1n) is 6.18. The number of nitrogens with one attached hydrogen (secondary N) is 1. The number of alkyl halides is 3. The molecule has 1 N–H and O–H groups in total. The van der Waals surface area contributed by atoms with Gasteiger partial charge < -0.3 is 4.98 Å². The summed E-state index contributed by atoms with van der Waals surface area (Å²) < 4.78 is 38.0. The van der Waals surface area contributed by atoms with Gasteiger partial charge in [0.05, 0.1) is 5.69 Å². The first-order chi connectivity index (χ1) is 9.40. The molecule has 0 saturated carbocycles. The van der Waals surface area contributed by atoms with E-state index in [4.69, 9.17) is 0 Å². The quantitative estimate of drug-likeness (QED) is 0.937. The molecule has 6 heteroatoms. The third-order valence-corrected chi connectivity index (χ3v) is 2.81. The van der Waals surface area contributed by atoms with E-state index >= 15 is 0 Å². The lowest BCUT2D eigenvalue weighted by Crippen LogP contribution is -2.19. The fraction of sp³-hybridized carbons (Fsp3) is 0.286. The van der Waals surface area contributed by atoms with E-state index in [0.29, 0.717) is 5.56 Å². The summed E-state index contributed by atoms with van der Waals surface area (Å²) in [6, 6.07) is 7.89. The van der Waals surface area contributed by atoms with Crippen molar-refractivity contribution in [1.29, 1.82) is 0 Å². The Kier molecular flexibility index (Phi) is 3.92. The zero-order valence-corrected chi connectivity index (χ0v) is 10.8. The molecule has 0 saturated heterocycles. The second-order valence-electron chi connectivity index (χ2n) is 4.43. The van der Waals surface area contributed by atoms with Crippen molar-refractivity contribution in [2.45, 2.75) is 25.9 Å². The number of nitrogens with zero attached hydrogens (tertiary/aromatic N) is 1. The topological polar surface area (TPSA) is 45.8 Å². The summed E-state index contributed by atoms with van der Waals surface area (Å²) in [6.07, 6.45) is -2.85. The number of halogens is 3. The van der Waals surface area contributed by atoms with Gasteiger partial charge in [-0.3, -0.25) is 0 Å². The van der Waals surface area contributed by atoms with Crippen molar-refractivity contribution in [3.63, 3.8) is 0 Å². The van der Waals surface area contributed by atoms with Gasteiger partial charge in [0.1, 0.15) is 5.69 Å². The van der Waals surface area contributed by atoms with Crippen LogP contribution in [0.4, 0.5) is 13.2 Å². The van der Waals surface area contributed by atoms with Crippen LogP contribution in [0.15, 0.2) is 35.1 Å². The molecule has 0 bridgehead atoms. The van der Waals surface area contributed by atoms with E-state index < -0.39 is 17.6 Å². The predicted molar refractivity (Wildman–Crippen MR) is 69.3 cm³/mol. The lowest BCUT2D eigenvalue weighted by atomic mass is 10.0. The number of H-pyrrole nitrogens is 1. The normalized spacial score (nSPS) is 11.6. The maximum absolute atomic E-state index is 12.7. The maximum Gasteiger partial charge on any atom is 0.431 e. The first kappa shape index (κ1) is 14.3. The minimum Gasteiger partial charge on any atom is -0.302 e. The van der Waals surface area contributed by atoms with E-state index in [2.05, 4.69) is 4.98 Å². The Morgan fingerprint density at radius 1 is 1.25 bits per heavy atom. The summed E-state index contributed by atoms with van der Waals surface area (Å²) in [6.45, 7) is 2.01. The summed E-state index contributed by atoms with van der Waals surface area (Å²) in [5, 5.41) is 0.